The lowest BCUT2D eigenvalue weighted by Gasteiger charge is -2.36. The topological polar surface area (TPSA) is 33.2 Å². The van der Waals surface area contributed by atoms with Crippen LogP contribution in [0.3, 0.4) is 0 Å². The second-order valence-corrected chi connectivity index (χ2v) is 6.38. The van der Waals surface area contributed by atoms with Gasteiger partial charge >= 0.3 is 0 Å². The van der Waals surface area contributed by atoms with Gasteiger partial charge in [-0.3, -0.25) is 14.7 Å². The minimum Gasteiger partial charge on any atom is -0.299 e. The van der Waals surface area contributed by atoms with Crippen LogP contribution in [0.1, 0.15) is 45.6 Å². The summed E-state index contributed by atoms with van der Waals surface area (Å²) in [5, 5.41) is 0. The maximum atomic E-state index is 12.9. The van der Waals surface area contributed by atoms with Crippen LogP contribution in [-0.4, -0.2) is 10.9 Å². The van der Waals surface area contributed by atoms with Crippen LogP contribution >= 0.6 is 0 Å². The van der Waals surface area contributed by atoms with Gasteiger partial charge in [0.15, 0.2) is 0 Å². The first-order chi connectivity index (χ1) is 11.8. The Labute approximate surface area is 140 Å². The lowest BCUT2D eigenvalue weighted by atomic mass is 9.83. The highest BCUT2D eigenvalue weighted by Crippen LogP contribution is 2.50. The Morgan fingerprint density at radius 3 is 2.58 bits per heavy atom. The molecule has 2 aliphatic heterocycles. The number of benzene rings is 2. The van der Waals surface area contributed by atoms with E-state index >= 15 is 0 Å². The second kappa shape index (κ2) is 5.03. The Morgan fingerprint density at radius 1 is 0.917 bits per heavy atom. The number of aromatic nitrogens is 1. The molecule has 2 atom stereocenters. The summed E-state index contributed by atoms with van der Waals surface area (Å²) >= 11 is 0. The van der Waals surface area contributed by atoms with Gasteiger partial charge in [0.05, 0.1) is 17.4 Å². The van der Waals surface area contributed by atoms with E-state index in [4.69, 9.17) is 0 Å². The zero-order valence-electron chi connectivity index (χ0n) is 13.1. The fourth-order valence-corrected chi connectivity index (χ4v) is 4.10. The molecule has 24 heavy (non-hydrogen) atoms. The number of hydrogen-bond donors (Lipinski definition) is 0. The number of carbonyl (C=O) groups excluding carboxylic acids is 1. The van der Waals surface area contributed by atoms with E-state index in [9.17, 15) is 4.79 Å². The van der Waals surface area contributed by atoms with Gasteiger partial charge in [0.2, 0.25) is 0 Å². The van der Waals surface area contributed by atoms with Crippen LogP contribution in [0.15, 0.2) is 72.9 Å². The van der Waals surface area contributed by atoms with Crippen LogP contribution in [0, 0.1) is 0 Å². The summed E-state index contributed by atoms with van der Waals surface area (Å²) in [4.78, 5) is 19.5. The van der Waals surface area contributed by atoms with Crippen molar-refractivity contribution in [2.75, 3.05) is 4.90 Å². The molecule has 2 unspecified atom stereocenters. The Balaban J connectivity index is 1.72. The summed E-state index contributed by atoms with van der Waals surface area (Å²) in [5.41, 5.74) is 5.17. The number of rotatable bonds is 1. The first-order valence-electron chi connectivity index (χ1n) is 8.27. The molecule has 2 aliphatic rings. The molecule has 116 valence electrons. The Kier molecular flexibility index (Phi) is 2.83. The SMILES string of the molecule is O=C1c2ccccc2C2CC(c3ccccc3)c3ncccc3N12. The van der Waals surface area contributed by atoms with Crippen molar-refractivity contribution in [3.8, 4) is 0 Å². The van der Waals surface area contributed by atoms with Gasteiger partial charge in [-0.05, 0) is 35.7 Å². The fourth-order valence-electron chi connectivity index (χ4n) is 4.10. The van der Waals surface area contributed by atoms with Crippen LogP contribution < -0.4 is 4.90 Å². The quantitative estimate of drug-likeness (QED) is 0.670. The molecule has 0 aliphatic carbocycles. The van der Waals surface area contributed by atoms with Crippen LogP contribution in [-0.2, 0) is 0 Å². The molecule has 0 N–H and O–H groups in total. The average Bonchev–Trinajstić information content (AvgIpc) is 2.95. The maximum Gasteiger partial charge on any atom is 0.259 e. The van der Waals surface area contributed by atoms with Crippen molar-refractivity contribution in [1.82, 2.24) is 4.98 Å². The predicted molar refractivity (Wildman–Crippen MR) is 93.1 cm³/mol. The van der Waals surface area contributed by atoms with Gasteiger partial charge in [-0.15, -0.1) is 0 Å². The van der Waals surface area contributed by atoms with Gasteiger partial charge in [0, 0.05) is 17.7 Å². The predicted octanol–water partition coefficient (Wildman–Crippen LogP) is 4.32. The molecule has 3 nitrogen and oxygen atoms in total. The van der Waals surface area contributed by atoms with Gasteiger partial charge in [0.1, 0.15) is 0 Å². The van der Waals surface area contributed by atoms with E-state index in [1.54, 1.807) is 0 Å². The maximum absolute atomic E-state index is 12.9. The van der Waals surface area contributed by atoms with Crippen molar-refractivity contribution in [3.05, 3.63) is 95.3 Å². The summed E-state index contributed by atoms with van der Waals surface area (Å²) < 4.78 is 0. The van der Waals surface area contributed by atoms with Gasteiger partial charge in [-0.2, -0.15) is 0 Å². The molecule has 2 aromatic carbocycles. The van der Waals surface area contributed by atoms with E-state index in [0.717, 1.165) is 28.9 Å². The van der Waals surface area contributed by atoms with Gasteiger partial charge in [0.25, 0.3) is 5.91 Å². The third-order valence-electron chi connectivity index (χ3n) is 5.15. The number of pyridine rings is 1. The Bertz CT molecular complexity index is 935. The van der Waals surface area contributed by atoms with E-state index in [2.05, 4.69) is 35.3 Å². The molecule has 0 fully saturated rings. The molecule has 0 spiro atoms. The molecule has 5 rings (SSSR count). The molecule has 0 bridgehead atoms. The average molecular weight is 312 g/mol. The summed E-state index contributed by atoms with van der Waals surface area (Å²) in [6, 6.07) is 22.5. The normalized spacial score (nSPS) is 21.2. The van der Waals surface area contributed by atoms with E-state index in [0.29, 0.717) is 0 Å². The monoisotopic (exact) mass is 312 g/mol. The van der Waals surface area contributed by atoms with Crippen molar-refractivity contribution >= 4 is 11.6 Å². The van der Waals surface area contributed by atoms with Crippen molar-refractivity contribution in [2.24, 2.45) is 0 Å². The van der Waals surface area contributed by atoms with E-state index in [-0.39, 0.29) is 17.9 Å². The molecular weight excluding hydrogens is 296 g/mol. The molecular formula is C21H16N2O. The lowest BCUT2D eigenvalue weighted by molar-refractivity contribution is 0.0987. The van der Waals surface area contributed by atoms with Crippen molar-refractivity contribution in [2.45, 2.75) is 18.4 Å². The van der Waals surface area contributed by atoms with E-state index < -0.39 is 0 Å². The fraction of sp³-hybridized carbons (Fsp3) is 0.143. The first-order valence-corrected chi connectivity index (χ1v) is 8.27. The molecule has 0 saturated carbocycles. The molecule has 3 heteroatoms. The van der Waals surface area contributed by atoms with Crippen molar-refractivity contribution < 1.29 is 4.79 Å². The smallest absolute Gasteiger partial charge is 0.259 e. The Morgan fingerprint density at radius 2 is 1.71 bits per heavy atom. The highest BCUT2D eigenvalue weighted by Gasteiger charge is 2.44. The van der Waals surface area contributed by atoms with Crippen LogP contribution in [0.5, 0.6) is 0 Å². The second-order valence-electron chi connectivity index (χ2n) is 6.38. The molecule has 1 aromatic heterocycles. The van der Waals surface area contributed by atoms with Crippen LogP contribution in [0.2, 0.25) is 0 Å². The van der Waals surface area contributed by atoms with Gasteiger partial charge < -0.3 is 0 Å². The van der Waals surface area contributed by atoms with Crippen LogP contribution in [0.25, 0.3) is 0 Å². The third kappa shape index (κ3) is 1.78. The van der Waals surface area contributed by atoms with Gasteiger partial charge in [-0.1, -0.05) is 48.5 Å². The largest absolute Gasteiger partial charge is 0.299 e. The van der Waals surface area contributed by atoms with Crippen molar-refractivity contribution in [1.29, 1.82) is 0 Å². The standard InChI is InChI=1S/C21H16N2O/c24-21-16-10-5-4-9-15(16)19-13-17(14-7-2-1-3-8-14)20-18(23(19)21)11-6-12-22-20/h1-12,17,19H,13H2. The summed E-state index contributed by atoms with van der Waals surface area (Å²) in [6.07, 6.45) is 2.69. The minimum absolute atomic E-state index is 0.0932. The number of amides is 1. The number of anilines is 1. The molecule has 1 amide bonds. The zero-order chi connectivity index (χ0) is 16.1. The molecule has 3 aromatic rings. The first kappa shape index (κ1) is 13.5. The van der Waals surface area contributed by atoms with Gasteiger partial charge in [-0.25, -0.2) is 0 Å². The molecule has 3 heterocycles. The lowest BCUT2D eigenvalue weighted by Crippen LogP contribution is -2.34. The van der Waals surface area contributed by atoms with Crippen LogP contribution in [0.4, 0.5) is 5.69 Å². The number of fused-ring (bicyclic) bond motifs is 5. The number of carbonyl (C=O) groups is 1. The summed E-state index contributed by atoms with van der Waals surface area (Å²) in [6.45, 7) is 0. The number of hydrogen-bond acceptors (Lipinski definition) is 2. The van der Waals surface area contributed by atoms with E-state index in [1.807, 2.05) is 47.5 Å². The molecule has 0 saturated heterocycles. The Hall–Kier alpha value is -2.94. The number of nitrogens with zero attached hydrogens (tertiary/aromatic N) is 2. The highest BCUT2D eigenvalue weighted by molar-refractivity contribution is 6.11. The summed E-state index contributed by atoms with van der Waals surface area (Å²) in [7, 11) is 0. The highest BCUT2D eigenvalue weighted by atomic mass is 16.2. The minimum atomic E-state index is 0.0932. The molecule has 0 radical (unpaired) electrons. The third-order valence-corrected chi connectivity index (χ3v) is 5.15. The van der Waals surface area contributed by atoms with Crippen molar-refractivity contribution in [3.63, 3.8) is 0 Å². The zero-order valence-corrected chi connectivity index (χ0v) is 13.1. The summed E-state index contributed by atoms with van der Waals surface area (Å²) in [5.74, 6) is 0.305. The van der Waals surface area contributed by atoms with E-state index in [1.165, 1.54) is 5.56 Å².